The van der Waals surface area contributed by atoms with Crippen molar-refractivity contribution in [3.05, 3.63) is 34.4 Å². The maximum Gasteiger partial charge on any atom is 0.143 e. The Morgan fingerprint density at radius 3 is 2.43 bits per heavy atom. The number of benzene rings is 2. The normalized spacial score (nSPS) is 15.4. The van der Waals surface area contributed by atoms with Crippen LogP contribution in [-0.4, -0.2) is 16.9 Å². The van der Waals surface area contributed by atoms with E-state index in [4.69, 9.17) is 11.5 Å². The summed E-state index contributed by atoms with van der Waals surface area (Å²) in [6, 6.07) is 3.57. The smallest absolute Gasteiger partial charge is 0.143 e. The summed E-state index contributed by atoms with van der Waals surface area (Å²) in [4.78, 5) is 4.41. The summed E-state index contributed by atoms with van der Waals surface area (Å²) in [5.74, 6) is 0.267. The Labute approximate surface area is 134 Å². The standard InChI is InChI=1S/C17H20N4O2/c1-8-3-13(22)14(19)11-6-21-7-20(15(8)11)5-10-4-12(18)17(23)9(2)16(10)21/h3-4,22-23H,5-7,18-19H2,1-2H3. The highest BCUT2D eigenvalue weighted by atomic mass is 16.3. The molecule has 0 atom stereocenters. The number of nitrogen functional groups attached to an aromatic ring is 2. The zero-order valence-corrected chi connectivity index (χ0v) is 13.2. The number of hydrogen-bond acceptors (Lipinski definition) is 6. The van der Waals surface area contributed by atoms with Crippen molar-refractivity contribution in [2.45, 2.75) is 26.9 Å². The Morgan fingerprint density at radius 1 is 1.00 bits per heavy atom. The van der Waals surface area contributed by atoms with E-state index in [9.17, 15) is 10.2 Å². The van der Waals surface area contributed by atoms with Crippen LogP contribution in [0.5, 0.6) is 11.5 Å². The van der Waals surface area contributed by atoms with E-state index >= 15 is 0 Å². The van der Waals surface area contributed by atoms with E-state index < -0.39 is 0 Å². The minimum absolute atomic E-state index is 0.126. The monoisotopic (exact) mass is 312 g/mol. The van der Waals surface area contributed by atoms with Crippen LogP contribution in [0.1, 0.15) is 22.3 Å². The topological polar surface area (TPSA) is 99.0 Å². The molecular weight excluding hydrogens is 292 g/mol. The van der Waals surface area contributed by atoms with E-state index in [0.29, 0.717) is 24.5 Å². The zero-order valence-electron chi connectivity index (χ0n) is 13.2. The molecule has 2 aromatic carbocycles. The van der Waals surface area contributed by atoms with Crippen molar-refractivity contribution in [2.24, 2.45) is 0 Å². The third-order valence-electron chi connectivity index (χ3n) is 4.92. The van der Waals surface area contributed by atoms with E-state index in [1.54, 1.807) is 6.07 Å². The molecule has 0 amide bonds. The zero-order chi connectivity index (χ0) is 16.5. The molecule has 0 fully saturated rings. The van der Waals surface area contributed by atoms with Crippen LogP contribution >= 0.6 is 0 Å². The van der Waals surface area contributed by atoms with E-state index in [1.165, 1.54) is 0 Å². The first-order valence-corrected chi connectivity index (χ1v) is 7.60. The summed E-state index contributed by atoms with van der Waals surface area (Å²) in [5.41, 5.74) is 18.8. The van der Waals surface area contributed by atoms with Gasteiger partial charge in [-0.3, -0.25) is 0 Å². The van der Waals surface area contributed by atoms with Gasteiger partial charge in [-0.15, -0.1) is 0 Å². The van der Waals surface area contributed by atoms with Crippen molar-refractivity contribution < 1.29 is 10.2 Å². The predicted molar refractivity (Wildman–Crippen MR) is 91.7 cm³/mol. The molecule has 2 aliphatic rings. The third-order valence-corrected chi connectivity index (χ3v) is 4.92. The van der Waals surface area contributed by atoms with Crippen LogP contribution in [0.15, 0.2) is 12.1 Å². The van der Waals surface area contributed by atoms with E-state index in [1.807, 2.05) is 19.9 Å². The summed E-state index contributed by atoms with van der Waals surface area (Å²) < 4.78 is 0. The van der Waals surface area contributed by atoms with Crippen LogP contribution in [0.25, 0.3) is 0 Å². The summed E-state index contributed by atoms with van der Waals surface area (Å²) in [6.07, 6.45) is 0. The van der Waals surface area contributed by atoms with Crippen LogP contribution < -0.4 is 21.3 Å². The molecule has 2 aromatic rings. The summed E-state index contributed by atoms with van der Waals surface area (Å²) >= 11 is 0. The van der Waals surface area contributed by atoms with Gasteiger partial charge in [-0.2, -0.15) is 0 Å². The first-order chi connectivity index (χ1) is 10.9. The number of fused-ring (bicyclic) bond motifs is 6. The van der Waals surface area contributed by atoms with Gasteiger partial charge >= 0.3 is 0 Å². The predicted octanol–water partition coefficient (Wildman–Crippen LogP) is 2.18. The first-order valence-electron chi connectivity index (χ1n) is 7.60. The fourth-order valence-corrected chi connectivity index (χ4v) is 3.93. The van der Waals surface area contributed by atoms with Gasteiger partial charge in [0.05, 0.1) is 23.7 Å². The largest absolute Gasteiger partial charge is 0.506 e. The van der Waals surface area contributed by atoms with Crippen molar-refractivity contribution in [2.75, 3.05) is 27.9 Å². The van der Waals surface area contributed by atoms with Gasteiger partial charge in [0.2, 0.25) is 0 Å². The van der Waals surface area contributed by atoms with Crippen LogP contribution in [0.2, 0.25) is 0 Å². The van der Waals surface area contributed by atoms with Gasteiger partial charge in [-0.1, -0.05) is 0 Å². The van der Waals surface area contributed by atoms with Crippen LogP contribution in [0.3, 0.4) is 0 Å². The number of hydrogen-bond donors (Lipinski definition) is 4. The second kappa shape index (κ2) is 4.38. The second-order valence-corrected chi connectivity index (χ2v) is 6.44. The molecule has 0 radical (unpaired) electrons. The Bertz CT molecular complexity index is 847. The summed E-state index contributed by atoms with van der Waals surface area (Å²) in [6.45, 7) is 5.90. The van der Waals surface area contributed by atoms with E-state index in [0.717, 1.165) is 40.3 Å². The van der Waals surface area contributed by atoms with Gasteiger partial charge in [0.1, 0.15) is 11.5 Å². The molecule has 0 saturated heterocycles. The Balaban J connectivity index is 1.93. The fourth-order valence-electron chi connectivity index (χ4n) is 3.93. The molecule has 0 aliphatic carbocycles. The van der Waals surface area contributed by atoms with Gasteiger partial charge in [-0.05, 0) is 37.1 Å². The molecule has 0 unspecified atom stereocenters. The first kappa shape index (κ1) is 13.9. The van der Waals surface area contributed by atoms with E-state index in [2.05, 4.69) is 9.80 Å². The number of rotatable bonds is 0. The molecule has 120 valence electrons. The number of phenols is 2. The molecule has 4 rings (SSSR count). The van der Waals surface area contributed by atoms with Gasteiger partial charge in [0.25, 0.3) is 0 Å². The van der Waals surface area contributed by atoms with Gasteiger partial charge < -0.3 is 31.5 Å². The van der Waals surface area contributed by atoms with Crippen molar-refractivity contribution in [3.8, 4) is 11.5 Å². The molecule has 23 heavy (non-hydrogen) atoms. The fraction of sp³-hybridized carbons (Fsp3) is 0.294. The molecule has 0 aromatic heterocycles. The molecule has 0 saturated carbocycles. The Morgan fingerprint density at radius 2 is 1.70 bits per heavy atom. The number of anilines is 4. The highest BCUT2D eigenvalue weighted by Crippen LogP contribution is 2.47. The number of aromatic hydroxyl groups is 2. The van der Waals surface area contributed by atoms with Crippen LogP contribution in [0, 0.1) is 13.8 Å². The number of nitrogens with two attached hydrogens (primary N) is 2. The number of phenolic OH excluding ortho intramolecular Hbond substituents is 2. The SMILES string of the molecule is Cc1cc(O)c(N)c2c1N1Cc3cc(N)c(O)c(C)c3N(C2)C1. The van der Waals surface area contributed by atoms with Gasteiger partial charge in [0.15, 0.2) is 0 Å². The average molecular weight is 312 g/mol. The lowest BCUT2D eigenvalue weighted by atomic mass is 9.95. The lowest BCUT2D eigenvalue weighted by Crippen LogP contribution is -2.47. The second-order valence-electron chi connectivity index (χ2n) is 6.44. The highest BCUT2D eigenvalue weighted by molar-refractivity contribution is 5.81. The minimum Gasteiger partial charge on any atom is -0.506 e. The maximum atomic E-state index is 10.2. The third kappa shape index (κ3) is 1.75. The van der Waals surface area contributed by atoms with Crippen LogP contribution in [-0.2, 0) is 13.1 Å². The van der Waals surface area contributed by atoms with Crippen molar-refractivity contribution in [3.63, 3.8) is 0 Å². The lowest BCUT2D eigenvalue weighted by Gasteiger charge is -2.46. The molecule has 2 heterocycles. The molecule has 0 spiro atoms. The average Bonchev–Trinajstić information content (AvgIpc) is 2.49. The van der Waals surface area contributed by atoms with Crippen LogP contribution in [0.4, 0.5) is 22.7 Å². The number of nitrogens with zero attached hydrogens (tertiary/aromatic N) is 2. The molecule has 2 aliphatic heterocycles. The molecule has 2 bridgehead atoms. The highest BCUT2D eigenvalue weighted by Gasteiger charge is 2.34. The number of aryl methyl sites for hydroxylation is 1. The molecule has 6 heteroatoms. The van der Waals surface area contributed by atoms with Crippen molar-refractivity contribution in [1.29, 1.82) is 0 Å². The maximum absolute atomic E-state index is 10.2. The minimum atomic E-state index is 0.126. The Kier molecular flexibility index (Phi) is 2.64. The summed E-state index contributed by atoms with van der Waals surface area (Å²) in [7, 11) is 0. The molecule has 6 N–H and O–H groups in total. The molecular formula is C17H20N4O2. The quantitative estimate of drug-likeness (QED) is 0.439. The summed E-state index contributed by atoms with van der Waals surface area (Å²) in [5, 5.41) is 20.2. The lowest BCUT2D eigenvalue weighted by molar-refractivity contribution is 0.471. The van der Waals surface area contributed by atoms with Gasteiger partial charge in [-0.25, -0.2) is 0 Å². The van der Waals surface area contributed by atoms with Crippen molar-refractivity contribution in [1.82, 2.24) is 0 Å². The van der Waals surface area contributed by atoms with E-state index in [-0.39, 0.29) is 11.5 Å². The van der Waals surface area contributed by atoms with Crippen molar-refractivity contribution >= 4 is 22.7 Å². The molecule has 6 nitrogen and oxygen atoms in total. The Hall–Kier alpha value is -2.76. The van der Waals surface area contributed by atoms with Gasteiger partial charge in [0, 0.05) is 29.9 Å².